The Hall–Kier alpha value is -2.82. The number of sulfonamides is 1. The van der Waals surface area contributed by atoms with Crippen LogP contribution in [0.2, 0.25) is 0 Å². The molecule has 2 aromatic heterocycles. The summed E-state index contributed by atoms with van der Waals surface area (Å²) in [6, 6.07) is 14.2. The van der Waals surface area contributed by atoms with E-state index in [0.717, 1.165) is 30.3 Å². The van der Waals surface area contributed by atoms with Gasteiger partial charge in [0.05, 0.1) is 22.1 Å². The Morgan fingerprint density at radius 1 is 0.935 bits per heavy atom. The van der Waals surface area contributed by atoms with Crippen molar-refractivity contribution < 1.29 is 12.8 Å². The van der Waals surface area contributed by atoms with Gasteiger partial charge in [-0.2, -0.15) is 4.31 Å². The summed E-state index contributed by atoms with van der Waals surface area (Å²) in [7, 11) is -3.54. The van der Waals surface area contributed by atoms with Crippen LogP contribution in [-0.2, 0) is 10.0 Å². The first-order chi connectivity index (χ1) is 15.1. The Bertz CT molecular complexity index is 1330. The summed E-state index contributed by atoms with van der Waals surface area (Å²) < 4.78 is 33.2. The van der Waals surface area contributed by atoms with Crippen LogP contribution in [0.4, 0.5) is 0 Å². The summed E-state index contributed by atoms with van der Waals surface area (Å²) in [5, 5.41) is 9.10. The number of fused-ring (bicyclic) bond motifs is 1. The molecule has 1 aliphatic rings. The van der Waals surface area contributed by atoms with Crippen molar-refractivity contribution in [2.75, 3.05) is 13.1 Å². The lowest BCUT2D eigenvalue weighted by atomic mass is 10.2. The molecule has 8 nitrogen and oxygen atoms in total. The normalized spacial score (nSPS) is 15.4. The first kappa shape index (κ1) is 20.1. The fraction of sp³-hybridized carbons (Fsp3) is 0.238. The highest BCUT2D eigenvalue weighted by Gasteiger charge is 2.26. The fourth-order valence-corrected chi connectivity index (χ4v) is 5.68. The minimum Gasteiger partial charge on any atom is -0.411 e. The standard InChI is InChI=1S/C21H19N5O3S2/c27-31(28,26-11-4-1-5-12-26)16-8-6-7-15(13-16)20-24-25-21(29-20)30-19-14-22-17-9-2-3-10-18(17)23-19/h2-3,6-10,13-14H,1,4-5,11-12H2. The first-order valence-electron chi connectivity index (χ1n) is 9.93. The van der Waals surface area contributed by atoms with Gasteiger partial charge in [0.1, 0.15) is 5.03 Å². The Morgan fingerprint density at radius 2 is 1.74 bits per heavy atom. The van der Waals surface area contributed by atoms with Crippen LogP contribution in [0.5, 0.6) is 0 Å². The summed E-state index contributed by atoms with van der Waals surface area (Å²) in [5.74, 6) is 0.256. The molecule has 31 heavy (non-hydrogen) atoms. The Labute approximate surface area is 183 Å². The average molecular weight is 454 g/mol. The van der Waals surface area contributed by atoms with Crippen LogP contribution in [0.3, 0.4) is 0 Å². The molecular weight excluding hydrogens is 434 g/mol. The van der Waals surface area contributed by atoms with Crippen molar-refractivity contribution in [3.8, 4) is 11.5 Å². The quantitative estimate of drug-likeness (QED) is 0.447. The lowest BCUT2D eigenvalue weighted by Gasteiger charge is -2.25. The van der Waals surface area contributed by atoms with Crippen molar-refractivity contribution in [2.45, 2.75) is 34.4 Å². The molecule has 158 valence electrons. The number of rotatable bonds is 5. The molecule has 4 aromatic rings. The maximum absolute atomic E-state index is 13.0. The van der Waals surface area contributed by atoms with Crippen LogP contribution in [0.1, 0.15) is 19.3 Å². The van der Waals surface area contributed by atoms with Crippen LogP contribution in [0.25, 0.3) is 22.5 Å². The predicted molar refractivity (Wildman–Crippen MR) is 116 cm³/mol. The summed E-state index contributed by atoms with van der Waals surface area (Å²) >= 11 is 1.21. The number of aromatic nitrogens is 4. The second-order valence-corrected chi connectivity index (χ2v) is 10.1. The van der Waals surface area contributed by atoms with Crippen molar-refractivity contribution in [2.24, 2.45) is 0 Å². The van der Waals surface area contributed by atoms with E-state index in [2.05, 4.69) is 20.2 Å². The van der Waals surface area contributed by atoms with E-state index in [1.54, 1.807) is 34.8 Å². The molecule has 0 saturated carbocycles. The summed E-state index contributed by atoms with van der Waals surface area (Å²) in [6.45, 7) is 1.11. The average Bonchev–Trinajstić information content (AvgIpc) is 3.28. The van der Waals surface area contributed by atoms with Gasteiger partial charge in [0.25, 0.3) is 5.22 Å². The second-order valence-electron chi connectivity index (χ2n) is 7.16. The van der Waals surface area contributed by atoms with Crippen molar-refractivity contribution in [3.63, 3.8) is 0 Å². The van der Waals surface area contributed by atoms with Crippen molar-refractivity contribution >= 4 is 32.8 Å². The number of piperidine rings is 1. The van der Waals surface area contributed by atoms with E-state index in [-0.39, 0.29) is 10.8 Å². The van der Waals surface area contributed by atoms with E-state index in [1.807, 2.05) is 24.3 Å². The molecule has 1 saturated heterocycles. The van der Waals surface area contributed by atoms with Gasteiger partial charge in [-0.25, -0.2) is 13.4 Å². The first-order valence-corrected chi connectivity index (χ1v) is 12.2. The molecule has 0 radical (unpaired) electrons. The van der Waals surface area contributed by atoms with Gasteiger partial charge >= 0.3 is 0 Å². The van der Waals surface area contributed by atoms with Crippen molar-refractivity contribution in [1.82, 2.24) is 24.5 Å². The zero-order chi connectivity index (χ0) is 21.3. The van der Waals surface area contributed by atoms with Gasteiger partial charge in [-0.3, -0.25) is 4.98 Å². The topological polar surface area (TPSA) is 102 Å². The maximum Gasteiger partial charge on any atom is 0.283 e. The molecule has 0 amide bonds. The number of hydrogen-bond donors (Lipinski definition) is 0. The molecule has 0 bridgehead atoms. The third-order valence-corrected chi connectivity index (χ3v) is 7.70. The second kappa shape index (κ2) is 8.37. The molecule has 2 aromatic carbocycles. The van der Waals surface area contributed by atoms with Gasteiger partial charge in [0.2, 0.25) is 15.9 Å². The number of benzene rings is 2. The molecule has 0 N–H and O–H groups in total. The Balaban J connectivity index is 1.38. The maximum atomic E-state index is 13.0. The molecule has 5 rings (SSSR count). The number of nitrogens with zero attached hydrogens (tertiary/aromatic N) is 5. The van der Waals surface area contributed by atoms with Crippen LogP contribution in [-0.4, -0.2) is 46.0 Å². The summed E-state index contributed by atoms with van der Waals surface area (Å²) in [5.41, 5.74) is 2.15. The third kappa shape index (κ3) is 4.18. The summed E-state index contributed by atoms with van der Waals surface area (Å²) in [4.78, 5) is 9.16. The van der Waals surface area contributed by atoms with Crippen LogP contribution in [0, 0.1) is 0 Å². The number of para-hydroxylation sites is 2. The molecule has 0 aliphatic carbocycles. The van der Waals surface area contributed by atoms with Gasteiger partial charge in [0, 0.05) is 18.7 Å². The molecule has 0 unspecified atom stereocenters. The van der Waals surface area contributed by atoms with Gasteiger partial charge in [-0.1, -0.05) is 24.6 Å². The molecule has 1 aliphatic heterocycles. The minimum atomic E-state index is -3.54. The molecule has 1 fully saturated rings. The van der Waals surface area contributed by atoms with E-state index in [9.17, 15) is 8.42 Å². The highest BCUT2D eigenvalue weighted by molar-refractivity contribution is 7.99. The van der Waals surface area contributed by atoms with Gasteiger partial charge < -0.3 is 4.42 Å². The molecule has 3 heterocycles. The van der Waals surface area contributed by atoms with Crippen LogP contribution in [0.15, 0.2) is 74.3 Å². The zero-order valence-electron chi connectivity index (χ0n) is 16.5. The lowest BCUT2D eigenvalue weighted by Crippen LogP contribution is -2.35. The van der Waals surface area contributed by atoms with E-state index in [0.29, 0.717) is 28.9 Å². The molecule has 0 spiro atoms. The van der Waals surface area contributed by atoms with Gasteiger partial charge in [-0.15, -0.1) is 10.2 Å². The molecule has 10 heteroatoms. The molecular formula is C21H19N5O3S2. The highest BCUT2D eigenvalue weighted by Crippen LogP contribution is 2.30. The van der Waals surface area contributed by atoms with Crippen molar-refractivity contribution in [1.29, 1.82) is 0 Å². The van der Waals surface area contributed by atoms with Gasteiger partial charge in [0.15, 0.2) is 0 Å². The Kier molecular flexibility index (Phi) is 5.43. The van der Waals surface area contributed by atoms with E-state index in [1.165, 1.54) is 11.8 Å². The van der Waals surface area contributed by atoms with E-state index < -0.39 is 10.0 Å². The van der Waals surface area contributed by atoms with Gasteiger partial charge in [-0.05, 0) is 54.9 Å². The highest BCUT2D eigenvalue weighted by atomic mass is 32.2. The summed E-state index contributed by atoms with van der Waals surface area (Å²) in [6.07, 6.45) is 4.50. The lowest BCUT2D eigenvalue weighted by molar-refractivity contribution is 0.346. The van der Waals surface area contributed by atoms with E-state index >= 15 is 0 Å². The minimum absolute atomic E-state index is 0.236. The zero-order valence-corrected chi connectivity index (χ0v) is 18.1. The van der Waals surface area contributed by atoms with Crippen LogP contribution >= 0.6 is 11.8 Å². The monoisotopic (exact) mass is 453 g/mol. The number of hydrogen-bond acceptors (Lipinski definition) is 8. The van der Waals surface area contributed by atoms with Crippen LogP contribution < -0.4 is 0 Å². The molecule has 0 atom stereocenters. The Morgan fingerprint density at radius 3 is 2.58 bits per heavy atom. The predicted octanol–water partition coefficient (Wildman–Crippen LogP) is 4.01. The van der Waals surface area contributed by atoms with Crippen molar-refractivity contribution in [3.05, 3.63) is 54.7 Å². The van der Waals surface area contributed by atoms with E-state index in [4.69, 9.17) is 4.42 Å². The largest absolute Gasteiger partial charge is 0.411 e. The smallest absolute Gasteiger partial charge is 0.283 e. The fourth-order valence-electron chi connectivity index (χ4n) is 3.49. The SMILES string of the molecule is O=S(=O)(c1cccc(-c2nnc(Sc3cnc4ccccc4n3)o2)c1)N1CCCCC1. The third-order valence-electron chi connectivity index (χ3n) is 5.06.